The van der Waals surface area contributed by atoms with Gasteiger partial charge in [-0.2, -0.15) is 0 Å². The molecule has 21 heavy (non-hydrogen) atoms. The lowest BCUT2D eigenvalue weighted by molar-refractivity contribution is 0.312. The largest absolute Gasteiger partial charge is 0.492 e. The maximum atomic E-state index is 6.16. The molecule has 2 nitrogen and oxygen atoms in total. The van der Waals surface area contributed by atoms with E-state index in [1.807, 2.05) is 30.3 Å². The third-order valence-electron chi connectivity index (χ3n) is 2.88. The number of anilines is 1. The van der Waals surface area contributed by atoms with Crippen molar-refractivity contribution in [1.82, 2.24) is 0 Å². The number of hydrogen-bond acceptors (Lipinski definition) is 2. The van der Waals surface area contributed by atoms with Crippen molar-refractivity contribution in [3.05, 3.63) is 55.9 Å². The van der Waals surface area contributed by atoms with Gasteiger partial charge in [0.2, 0.25) is 0 Å². The summed E-state index contributed by atoms with van der Waals surface area (Å²) in [6.45, 7) is 3.43. The first-order chi connectivity index (χ1) is 10.1. The lowest BCUT2D eigenvalue weighted by Gasteiger charge is -2.15. The molecule has 0 amide bonds. The Morgan fingerprint density at radius 2 is 1.95 bits per heavy atom. The highest BCUT2D eigenvalue weighted by Crippen LogP contribution is 2.34. The van der Waals surface area contributed by atoms with E-state index in [0.29, 0.717) is 18.2 Å². The van der Waals surface area contributed by atoms with Gasteiger partial charge in [-0.3, -0.25) is 0 Å². The molecular weight excluding hydrogens is 417 g/mol. The van der Waals surface area contributed by atoms with Gasteiger partial charge in [0.15, 0.2) is 0 Å². The Bertz CT molecular complexity index is 619. The summed E-state index contributed by atoms with van der Waals surface area (Å²) >= 11 is 13.2. The molecule has 0 spiro atoms. The van der Waals surface area contributed by atoms with Crippen LogP contribution in [0.2, 0.25) is 5.02 Å². The van der Waals surface area contributed by atoms with Crippen molar-refractivity contribution in [2.45, 2.75) is 19.9 Å². The van der Waals surface area contributed by atoms with Crippen molar-refractivity contribution in [2.75, 3.05) is 11.9 Å². The predicted molar refractivity (Wildman–Crippen MR) is 96.4 cm³/mol. The molecule has 0 atom stereocenters. The second-order valence-electron chi connectivity index (χ2n) is 4.56. The van der Waals surface area contributed by atoms with E-state index >= 15 is 0 Å². The maximum absolute atomic E-state index is 6.16. The molecule has 5 heteroatoms. The Labute approximate surface area is 147 Å². The second kappa shape index (κ2) is 8.06. The van der Waals surface area contributed by atoms with Crippen LogP contribution in [0, 0.1) is 0 Å². The van der Waals surface area contributed by atoms with Crippen LogP contribution in [-0.2, 0) is 6.54 Å². The minimum Gasteiger partial charge on any atom is -0.492 e. The van der Waals surface area contributed by atoms with Crippen LogP contribution >= 0.6 is 43.5 Å². The zero-order chi connectivity index (χ0) is 15.2. The van der Waals surface area contributed by atoms with Crippen LogP contribution in [-0.4, -0.2) is 6.61 Å². The molecule has 0 saturated carbocycles. The minimum atomic E-state index is 0.640. The van der Waals surface area contributed by atoms with Gasteiger partial charge in [-0.1, -0.05) is 46.6 Å². The summed E-state index contributed by atoms with van der Waals surface area (Å²) in [6, 6.07) is 11.7. The van der Waals surface area contributed by atoms with Gasteiger partial charge in [0.25, 0.3) is 0 Å². The number of hydrogen-bond donors (Lipinski definition) is 1. The SMILES string of the molecule is CCCOc1c(Br)cc(Br)cc1CNc1ccccc1Cl. The highest BCUT2D eigenvalue weighted by Gasteiger charge is 2.10. The van der Waals surface area contributed by atoms with Gasteiger partial charge in [-0.15, -0.1) is 0 Å². The molecular formula is C16H16Br2ClNO. The molecule has 0 aliphatic carbocycles. The number of para-hydroxylation sites is 1. The molecule has 0 aliphatic heterocycles. The summed E-state index contributed by atoms with van der Waals surface area (Å²) in [5.74, 6) is 0.875. The van der Waals surface area contributed by atoms with Crippen molar-refractivity contribution in [3.8, 4) is 5.75 Å². The quantitative estimate of drug-likeness (QED) is 0.580. The monoisotopic (exact) mass is 431 g/mol. The third-order valence-corrected chi connectivity index (χ3v) is 4.26. The van der Waals surface area contributed by atoms with E-state index in [2.05, 4.69) is 50.2 Å². The molecule has 0 aromatic heterocycles. The first kappa shape index (κ1) is 16.7. The zero-order valence-corrected chi connectivity index (χ0v) is 15.6. The number of nitrogens with one attached hydrogen (secondary N) is 1. The van der Waals surface area contributed by atoms with E-state index in [0.717, 1.165) is 32.4 Å². The normalized spacial score (nSPS) is 10.5. The van der Waals surface area contributed by atoms with Crippen molar-refractivity contribution in [2.24, 2.45) is 0 Å². The predicted octanol–water partition coefficient (Wildman–Crippen LogP) is 6.27. The molecule has 2 aromatic rings. The summed E-state index contributed by atoms with van der Waals surface area (Å²) in [5, 5.41) is 4.06. The van der Waals surface area contributed by atoms with E-state index in [-0.39, 0.29) is 0 Å². The molecule has 0 heterocycles. The standard InChI is InChI=1S/C16H16Br2ClNO/c1-2-7-21-16-11(8-12(17)9-13(16)18)10-20-15-6-4-3-5-14(15)19/h3-6,8-9,20H,2,7,10H2,1H3. The van der Waals surface area contributed by atoms with Crippen LogP contribution in [0.25, 0.3) is 0 Å². The van der Waals surface area contributed by atoms with Crippen LogP contribution in [0.4, 0.5) is 5.69 Å². The van der Waals surface area contributed by atoms with Gasteiger partial charge in [-0.25, -0.2) is 0 Å². The molecule has 112 valence electrons. The van der Waals surface area contributed by atoms with Crippen LogP contribution < -0.4 is 10.1 Å². The maximum Gasteiger partial charge on any atom is 0.138 e. The van der Waals surface area contributed by atoms with Crippen molar-refractivity contribution in [1.29, 1.82) is 0 Å². The van der Waals surface area contributed by atoms with Gasteiger partial charge in [-0.05, 0) is 46.6 Å². The van der Waals surface area contributed by atoms with Crippen LogP contribution in [0.3, 0.4) is 0 Å². The topological polar surface area (TPSA) is 21.3 Å². The number of ether oxygens (including phenoxy) is 1. The Morgan fingerprint density at radius 1 is 1.19 bits per heavy atom. The summed E-state index contributed by atoms with van der Waals surface area (Å²) < 4.78 is 7.80. The van der Waals surface area contributed by atoms with E-state index in [9.17, 15) is 0 Å². The third kappa shape index (κ3) is 4.63. The average molecular weight is 434 g/mol. The fraction of sp³-hybridized carbons (Fsp3) is 0.250. The summed E-state index contributed by atoms with van der Waals surface area (Å²) in [6.07, 6.45) is 0.972. The molecule has 0 radical (unpaired) electrons. The minimum absolute atomic E-state index is 0.640. The van der Waals surface area contributed by atoms with Gasteiger partial charge >= 0.3 is 0 Å². The molecule has 0 aliphatic rings. The van der Waals surface area contributed by atoms with Crippen LogP contribution in [0.15, 0.2) is 45.3 Å². The summed E-state index contributed by atoms with van der Waals surface area (Å²) in [4.78, 5) is 0. The molecule has 2 aromatic carbocycles. The highest BCUT2D eigenvalue weighted by atomic mass is 79.9. The van der Waals surface area contributed by atoms with Crippen molar-refractivity contribution in [3.63, 3.8) is 0 Å². The molecule has 2 rings (SSSR count). The van der Waals surface area contributed by atoms with E-state index < -0.39 is 0 Å². The second-order valence-corrected chi connectivity index (χ2v) is 6.73. The lowest BCUT2D eigenvalue weighted by atomic mass is 10.2. The number of rotatable bonds is 6. The average Bonchev–Trinajstić information content (AvgIpc) is 2.45. The first-order valence-corrected chi connectivity index (χ1v) is 8.67. The van der Waals surface area contributed by atoms with Gasteiger partial charge < -0.3 is 10.1 Å². The molecule has 0 unspecified atom stereocenters. The molecule has 0 saturated heterocycles. The van der Waals surface area contributed by atoms with Gasteiger partial charge in [0.1, 0.15) is 5.75 Å². The Morgan fingerprint density at radius 3 is 2.67 bits per heavy atom. The van der Waals surface area contributed by atoms with Crippen LogP contribution in [0.1, 0.15) is 18.9 Å². The number of halogens is 3. The van der Waals surface area contributed by atoms with Crippen molar-refractivity contribution >= 4 is 49.1 Å². The van der Waals surface area contributed by atoms with E-state index in [1.165, 1.54) is 0 Å². The van der Waals surface area contributed by atoms with E-state index in [4.69, 9.17) is 16.3 Å². The van der Waals surface area contributed by atoms with Gasteiger partial charge in [0.05, 0.1) is 21.8 Å². The van der Waals surface area contributed by atoms with Gasteiger partial charge in [0, 0.05) is 16.6 Å². The van der Waals surface area contributed by atoms with E-state index in [1.54, 1.807) is 0 Å². The Hall–Kier alpha value is -0.710. The highest BCUT2D eigenvalue weighted by molar-refractivity contribution is 9.11. The molecule has 0 bridgehead atoms. The summed E-state index contributed by atoms with van der Waals surface area (Å²) in [7, 11) is 0. The number of benzene rings is 2. The zero-order valence-electron chi connectivity index (χ0n) is 11.6. The smallest absolute Gasteiger partial charge is 0.138 e. The Balaban J connectivity index is 2.20. The summed E-state index contributed by atoms with van der Waals surface area (Å²) in [5.41, 5.74) is 1.99. The molecule has 0 fully saturated rings. The van der Waals surface area contributed by atoms with Crippen LogP contribution in [0.5, 0.6) is 5.75 Å². The fourth-order valence-electron chi connectivity index (χ4n) is 1.91. The lowest BCUT2D eigenvalue weighted by Crippen LogP contribution is -2.05. The van der Waals surface area contributed by atoms with Crippen molar-refractivity contribution < 1.29 is 4.74 Å². The molecule has 1 N–H and O–H groups in total. The Kier molecular flexibility index (Phi) is 6.40. The first-order valence-electron chi connectivity index (χ1n) is 6.71. The fourth-order valence-corrected chi connectivity index (χ4v) is 3.54.